The number of aliphatic imine (C=N–C) groups is 1. The van der Waals surface area contributed by atoms with E-state index in [1.807, 2.05) is 6.07 Å². The number of nitrogens with one attached hydrogen (secondary N) is 2. The molecule has 4 heteroatoms. The van der Waals surface area contributed by atoms with Crippen molar-refractivity contribution in [1.29, 1.82) is 0 Å². The zero-order valence-electron chi connectivity index (χ0n) is 12.4. The standard InChI is InChI=1S/C16H24FN3/c1-3-16(9-6-10-16)12-20-15(18-2)19-11-13-7-4-5-8-14(13)17/h4-5,7-8H,3,6,9-12H2,1-2H3,(H2,18,19,20). The molecule has 1 aromatic rings. The Morgan fingerprint density at radius 3 is 2.60 bits per heavy atom. The summed E-state index contributed by atoms with van der Waals surface area (Å²) in [7, 11) is 1.75. The number of rotatable bonds is 5. The maximum absolute atomic E-state index is 13.5. The molecule has 0 heterocycles. The van der Waals surface area contributed by atoms with Gasteiger partial charge in [-0.05, 0) is 30.7 Å². The average Bonchev–Trinajstić information content (AvgIpc) is 2.43. The molecule has 20 heavy (non-hydrogen) atoms. The molecule has 3 nitrogen and oxygen atoms in total. The molecular weight excluding hydrogens is 253 g/mol. The van der Waals surface area contributed by atoms with Crippen LogP contribution in [-0.4, -0.2) is 19.6 Å². The zero-order chi connectivity index (χ0) is 14.4. The fraction of sp³-hybridized carbons (Fsp3) is 0.562. The van der Waals surface area contributed by atoms with Gasteiger partial charge in [0.1, 0.15) is 5.82 Å². The second-order valence-electron chi connectivity index (χ2n) is 5.58. The molecule has 1 saturated carbocycles. The van der Waals surface area contributed by atoms with Gasteiger partial charge in [-0.2, -0.15) is 0 Å². The largest absolute Gasteiger partial charge is 0.356 e. The fourth-order valence-electron chi connectivity index (χ4n) is 2.64. The van der Waals surface area contributed by atoms with Crippen LogP contribution < -0.4 is 10.6 Å². The van der Waals surface area contributed by atoms with E-state index in [1.165, 1.54) is 31.7 Å². The van der Waals surface area contributed by atoms with Crippen LogP contribution >= 0.6 is 0 Å². The molecule has 1 aliphatic carbocycles. The van der Waals surface area contributed by atoms with Crippen molar-refractivity contribution in [1.82, 2.24) is 10.6 Å². The Balaban J connectivity index is 1.83. The van der Waals surface area contributed by atoms with Gasteiger partial charge in [0.25, 0.3) is 0 Å². The van der Waals surface area contributed by atoms with E-state index >= 15 is 0 Å². The third-order valence-electron chi connectivity index (χ3n) is 4.42. The summed E-state index contributed by atoms with van der Waals surface area (Å²) in [5, 5.41) is 6.54. The van der Waals surface area contributed by atoms with E-state index in [4.69, 9.17) is 0 Å². The van der Waals surface area contributed by atoms with E-state index in [0.717, 1.165) is 12.5 Å². The summed E-state index contributed by atoms with van der Waals surface area (Å²) in [6.45, 7) is 3.64. The Labute approximate surface area is 120 Å². The van der Waals surface area contributed by atoms with Gasteiger partial charge in [-0.15, -0.1) is 0 Å². The Kier molecular flexibility index (Phi) is 4.99. The quantitative estimate of drug-likeness (QED) is 0.641. The van der Waals surface area contributed by atoms with Gasteiger partial charge < -0.3 is 10.6 Å². The maximum atomic E-state index is 13.5. The minimum absolute atomic E-state index is 0.181. The summed E-state index contributed by atoms with van der Waals surface area (Å²) in [4.78, 5) is 4.20. The summed E-state index contributed by atoms with van der Waals surface area (Å²) in [6.07, 6.45) is 5.11. The molecule has 0 radical (unpaired) electrons. The molecule has 2 rings (SSSR count). The van der Waals surface area contributed by atoms with Crippen molar-refractivity contribution in [3.8, 4) is 0 Å². The lowest BCUT2D eigenvalue weighted by molar-refractivity contribution is 0.131. The Morgan fingerprint density at radius 2 is 2.05 bits per heavy atom. The van der Waals surface area contributed by atoms with E-state index in [-0.39, 0.29) is 5.82 Å². The van der Waals surface area contributed by atoms with Crippen molar-refractivity contribution in [2.24, 2.45) is 10.4 Å². The average molecular weight is 277 g/mol. The number of nitrogens with zero attached hydrogens (tertiary/aromatic N) is 1. The highest BCUT2D eigenvalue weighted by atomic mass is 19.1. The third-order valence-corrected chi connectivity index (χ3v) is 4.42. The van der Waals surface area contributed by atoms with Gasteiger partial charge in [-0.1, -0.05) is 31.5 Å². The first-order chi connectivity index (χ1) is 9.69. The highest BCUT2D eigenvalue weighted by Gasteiger charge is 2.34. The van der Waals surface area contributed by atoms with Crippen LogP contribution in [0.5, 0.6) is 0 Å². The second-order valence-corrected chi connectivity index (χ2v) is 5.58. The summed E-state index contributed by atoms with van der Waals surface area (Å²) in [6, 6.07) is 6.81. The molecule has 2 N–H and O–H groups in total. The van der Waals surface area contributed by atoms with Gasteiger partial charge in [0, 0.05) is 25.7 Å². The molecule has 1 aliphatic rings. The van der Waals surface area contributed by atoms with Crippen molar-refractivity contribution in [2.75, 3.05) is 13.6 Å². The molecule has 0 spiro atoms. The topological polar surface area (TPSA) is 36.4 Å². The summed E-state index contributed by atoms with van der Waals surface area (Å²) >= 11 is 0. The zero-order valence-corrected chi connectivity index (χ0v) is 12.4. The first kappa shape index (κ1) is 14.8. The summed E-state index contributed by atoms with van der Waals surface area (Å²) in [5.74, 6) is 0.562. The predicted molar refractivity (Wildman–Crippen MR) is 81.2 cm³/mol. The van der Waals surface area contributed by atoms with Crippen LogP contribution in [0.2, 0.25) is 0 Å². The van der Waals surface area contributed by atoms with Crippen molar-refractivity contribution in [2.45, 2.75) is 39.2 Å². The lowest BCUT2D eigenvalue weighted by atomic mass is 9.67. The van der Waals surface area contributed by atoms with Gasteiger partial charge in [0.2, 0.25) is 0 Å². The van der Waals surface area contributed by atoms with Crippen molar-refractivity contribution < 1.29 is 4.39 Å². The van der Waals surface area contributed by atoms with Gasteiger partial charge in [0.15, 0.2) is 5.96 Å². The number of halogens is 1. The Hall–Kier alpha value is -1.58. The SMILES string of the molecule is CCC1(CNC(=NC)NCc2ccccc2F)CCC1. The molecule has 110 valence electrons. The van der Waals surface area contributed by atoms with Crippen LogP contribution in [0.25, 0.3) is 0 Å². The minimum atomic E-state index is -0.181. The number of hydrogen-bond acceptors (Lipinski definition) is 1. The number of hydrogen-bond donors (Lipinski definition) is 2. The maximum Gasteiger partial charge on any atom is 0.191 e. The van der Waals surface area contributed by atoms with Gasteiger partial charge >= 0.3 is 0 Å². The molecule has 0 bridgehead atoms. The highest BCUT2D eigenvalue weighted by molar-refractivity contribution is 5.79. The molecule has 0 amide bonds. The second kappa shape index (κ2) is 6.73. The molecule has 0 aliphatic heterocycles. The molecular formula is C16H24FN3. The summed E-state index contributed by atoms with van der Waals surface area (Å²) in [5.41, 5.74) is 1.10. The van der Waals surface area contributed by atoms with E-state index < -0.39 is 0 Å². The van der Waals surface area contributed by atoms with Crippen LogP contribution in [0.1, 0.15) is 38.2 Å². The lowest BCUT2D eigenvalue weighted by Crippen LogP contribution is -2.46. The van der Waals surface area contributed by atoms with Crippen LogP contribution in [0.15, 0.2) is 29.3 Å². The van der Waals surface area contributed by atoms with Crippen LogP contribution in [-0.2, 0) is 6.54 Å². The predicted octanol–water partition coefficient (Wildman–Crippen LogP) is 3.07. The number of benzene rings is 1. The molecule has 1 fully saturated rings. The van der Waals surface area contributed by atoms with Gasteiger partial charge in [0.05, 0.1) is 0 Å². The minimum Gasteiger partial charge on any atom is -0.356 e. The molecule has 1 aromatic carbocycles. The van der Waals surface area contributed by atoms with E-state index in [9.17, 15) is 4.39 Å². The normalized spacial score (nSPS) is 17.4. The van der Waals surface area contributed by atoms with Gasteiger partial charge in [-0.3, -0.25) is 4.99 Å². The van der Waals surface area contributed by atoms with Crippen LogP contribution in [0, 0.1) is 11.2 Å². The Morgan fingerprint density at radius 1 is 1.30 bits per heavy atom. The van der Waals surface area contributed by atoms with Crippen LogP contribution in [0.4, 0.5) is 4.39 Å². The van der Waals surface area contributed by atoms with E-state index in [0.29, 0.717) is 17.5 Å². The molecule has 0 saturated heterocycles. The molecule has 0 aromatic heterocycles. The molecule has 0 atom stereocenters. The molecule has 0 unspecified atom stereocenters. The van der Waals surface area contributed by atoms with Crippen molar-refractivity contribution in [3.05, 3.63) is 35.6 Å². The number of guanidine groups is 1. The smallest absolute Gasteiger partial charge is 0.191 e. The Bertz CT molecular complexity index is 461. The van der Waals surface area contributed by atoms with Crippen molar-refractivity contribution in [3.63, 3.8) is 0 Å². The van der Waals surface area contributed by atoms with Crippen LogP contribution in [0.3, 0.4) is 0 Å². The third kappa shape index (κ3) is 3.50. The first-order valence-corrected chi connectivity index (χ1v) is 7.37. The van der Waals surface area contributed by atoms with E-state index in [2.05, 4.69) is 22.5 Å². The fourth-order valence-corrected chi connectivity index (χ4v) is 2.64. The summed E-state index contributed by atoms with van der Waals surface area (Å²) < 4.78 is 13.5. The van der Waals surface area contributed by atoms with E-state index in [1.54, 1.807) is 19.2 Å². The monoisotopic (exact) mass is 277 g/mol. The first-order valence-electron chi connectivity index (χ1n) is 7.37. The highest BCUT2D eigenvalue weighted by Crippen LogP contribution is 2.42. The van der Waals surface area contributed by atoms with Gasteiger partial charge in [-0.25, -0.2) is 4.39 Å². The lowest BCUT2D eigenvalue weighted by Gasteiger charge is -2.41. The van der Waals surface area contributed by atoms with Crippen molar-refractivity contribution >= 4 is 5.96 Å².